The van der Waals surface area contributed by atoms with Crippen molar-refractivity contribution in [1.29, 1.82) is 0 Å². The van der Waals surface area contributed by atoms with Crippen molar-refractivity contribution >= 4 is 6.03 Å². The van der Waals surface area contributed by atoms with Gasteiger partial charge in [0.1, 0.15) is 0 Å². The van der Waals surface area contributed by atoms with Gasteiger partial charge in [0.15, 0.2) is 0 Å². The van der Waals surface area contributed by atoms with Gasteiger partial charge >= 0.3 is 12.2 Å². The van der Waals surface area contributed by atoms with Crippen molar-refractivity contribution in [3.05, 3.63) is 30.1 Å². The Hall–Kier alpha value is -1.83. The van der Waals surface area contributed by atoms with Gasteiger partial charge in [-0.05, 0) is 31.0 Å². The van der Waals surface area contributed by atoms with E-state index in [1.807, 2.05) is 19.1 Å². The van der Waals surface area contributed by atoms with Gasteiger partial charge < -0.3 is 10.2 Å². The lowest BCUT2D eigenvalue weighted by Crippen LogP contribution is -2.43. The highest BCUT2D eigenvalue weighted by atomic mass is 19.4. The van der Waals surface area contributed by atoms with Crippen molar-refractivity contribution < 1.29 is 18.0 Å². The number of hydrogen-bond acceptors (Lipinski definition) is 3. The van der Waals surface area contributed by atoms with E-state index in [1.54, 1.807) is 17.3 Å². The van der Waals surface area contributed by atoms with Crippen LogP contribution in [0.2, 0.25) is 0 Å². The molecule has 8 heteroatoms. The molecule has 1 aliphatic rings. The Balaban J connectivity index is 1.86. The van der Waals surface area contributed by atoms with Gasteiger partial charge in [-0.3, -0.25) is 9.88 Å². The summed E-state index contributed by atoms with van der Waals surface area (Å²) in [6.45, 7) is 2.28. The molecule has 1 fully saturated rings. The zero-order chi connectivity index (χ0) is 16.9. The summed E-state index contributed by atoms with van der Waals surface area (Å²) in [5.41, 5.74) is 0.932. The number of urea groups is 1. The summed E-state index contributed by atoms with van der Waals surface area (Å²) in [4.78, 5) is 19.1. The van der Waals surface area contributed by atoms with E-state index < -0.39 is 12.7 Å². The molecule has 2 amide bonds. The van der Waals surface area contributed by atoms with Gasteiger partial charge in [-0.25, -0.2) is 4.79 Å². The summed E-state index contributed by atoms with van der Waals surface area (Å²) < 4.78 is 37.3. The van der Waals surface area contributed by atoms with Crippen molar-refractivity contribution in [2.45, 2.75) is 25.6 Å². The Morgan fingerprint density at radius 3 is 2.61 bits per heavy atom. The highest BCUT2D eigenvalue weighted by Crippen LogP contribution is 2.18. The molecule has 0 radical (unpaired) electrons. The van der Waals surface area contributed by atoms with Gasteiger partial charge in [-0.2, -0.15) is 13.2 Å². The smallest absolute Gasteiger partial charge is 0.331 e. The Labute approximate surface area is 133 Å². The monoisotopic (exact) mass is 330 g/mol. The summed E-state index contributed by atoms with van der Waals surface area (Å²) in [5.74, 6) is 0. The minimum atomic E-state index is -4.20. The van der Waals surface area contributed by atoms with E-state index in [-0.39, 0.29) is 18.6 Å². The van der Waals surface area contributed by atoms with Crippen LogP contribution in [0.4, 0.5) is 18.0 Å². The van der Waals surface area contributed by atoms with Crippen LogP contribution in [0.15, 0.2) is 24.5 Å². The van der Waals surface area contributed by atoms with Crippen LogP contribution in [0.1, 0.15) is 24.9 Å². The van der Waals surface area contributed by atoms with E-state index in [4.69, 9.17) is 0 Å². The number of rotatable bonds is 3. The van der Waals surface area contributed by atoms with Crippen LogP contribution < -0.4 is 5.32 Å². The first-order valence-electron chi connectivity index (χ1n) is 7.59. The minimum absolute atomic E-state index is 0.181. The summed E-state index contributed by atoms with van der Waals surface area (Å²) >= 11 is 0. The molecular weight excluding hydrogens is 309 g/mol. The fourth-order valence-electron chi connectivity index (χ4n) is 2.60. The number of alkyl halides is 3. The van der Waals surface area contributed by atoms with Gasteiger partial charge in [-0.15, -0.1) is 0 Å². The van der Waals surface area contributed by atoms with E-state index in [0.29, 0.717) is 26.1 Å². The number of halogens is 3. The maximum absolute atomic E-state index is 12.4. The zero-order valence-corrected chi connectivity index (χ0v) is 13.0. The van der Waals surface area contributed by atoms with Crippen molar-refractivity contribution in [3.8, 4) is 0 Å². The third-order valence-corrected chi connectivity index (χ3v) is 3.82. The number of carbonyl (C=O) groups is 1. The topological polar surface area (TPSA) is 48.5 Å². The lowest BCUT2D eigenvalue weighted by atomic mass is 10.1. The summed E-state index contributed by atoms with van der Waals surface area (Å²) in [5, 5.41) is 2.88. The zero-order valence-electron chi connectivity index (χ0n) is 13.0. The van der Waals surface area contributed by atoms with E-state index in [9.17, 15) is 18.0 Å². The minimum Gasteiger partial charge on any atom is -0.331 e. The van der Waals surface area contributed by atoms with E-state index in [1.165, 1.54) is 4.90 Å². The lowest BCUT2D eigenvalue weighted by molar-refractivity contribution is -0.145. The predicted octanol–water partition coefficient (Wildman–Crippen LogP) is 2.42. The summed E-state index contributed by atoms with van der Waals surface area (Å²) in [6.07, 6.45) is -0.363. The van der Waals surface area contributed by atoms with Crippen molar-refractivity contribution in [3.63, 3.8) is 0 Å². The third kappa shape index (κ3) is 5.70. The van der Waals surface area contributed by atoms with Gasteiger partial charge in [0.2, 0.25) is 0 Å². The van der Waals surface area contributed by atoms with Crippen LogP contribution in [0.25, 0.3) is 0 Å². The second-order valence-electron chi connectivity index (χ2n) is 5.68. The molecule has 128 valence electrons. The number of carbonyl (C=O) groups excluding carboxylic acids is 1. The molecule has 1 aromatic heterocycles. The van der Waals surface area contributed by atoms with Gasteiger partial charge in [0.05, 0.1) is 12.6 Å². The average Bonchev–Trinajstić information content (AvgIpc) is 2.72. The molecule has 1 N–H and O–H groups in total. The van der Waals surface area contributed by atoms with E-state index in [2.05, 4.69) is 10.3 Å². The van der Waals surface area contributed by atoms with E-state index in [0.717, 1.165) is 5.56 Å². The molecule has 1 aliphatic heterocycles. The van der Waals surface area contributed by atoms with Crippen molar-refractivity contribution in [2.75, 3.05) is 32.7 Å². The van der Waals surface area contributed by atoms with Crippen molar-refractivity contribution in [1.82, 2.24) is 20.1 Å². The maximum atomic E-state index is 12.4. The lowest BCUT2D eigenvalue weighted by Gasteiger charge is -2.24. The molecule has 5 nitrogen and oxygen atoms in total. The second-order valence-corrected chi connectivity index (χ2v) is 5.68. The summed E-state index contributed by atoms with van der Waals surface area (Å²) in [6, 6.07) is 3.21. The normalized spacial score (nSPS) is 18.3. The molecule has 23 heavy (non-hydrogen) atoms. The molecule has 0 aliphatic carbocycles. The number of aromatic nitrogens is 1. The Bertz CT molecular complexity index is 509. The molecule has 1 aromatic rings. The molecule has 2 heterocycles. The van der Waals surface area contributed by atoms with Crippen LogP contribution in [0.5, 0.6) is 0 Å². The molecule has 1 unspecified atom stereocenters. The second kappa shape index (κ2) is 7.63. The van der Waals surface area contributed by atoms with Crippen LogP contribution in [0.3, 0.4) is 0 Å². The Morgan fingerprint density at radius 1 is 1.26 bits per heavy atom. The quantitative estimate of drug-likeness (QED) is 0.926. The highest BCUT2D eigenvalue weighted by molar-refractivity contribution is 5.74. The van der Waals surface area contributed by atoms with Gasteiger partial charge in [0, 0.05) is 38.6 Å². The van der Waals surface area contributed by atoms with Crippen molar-refractivity contribution in [2.24, 2.45) is 0 Å². The Kier molecular flexibility index (Phi) is 5.81. The molecule has 0 saturated carbocycles. The predicted molar refractivity (Wildman–Crippen MR) is 79.9 cm³/mol. The molecule has 0 aromatic carbocycles. The largest absolute Gasteiger partial charge is 0.401 e. The highest BCUT2D eigenvalue weighted by Gasteiger charge is 2.31. The number of nitrogens with one attached hydrogen (secondary N) is 1. The number of hydrogen-bond donors (Lipinski definition) is 1. The number of amides is 2. The van der Waals surface area contributed by atoms with E-state index >= 15 is 0 Å². The average molecular weight is 330 g/mol. The first kappa shape index (κ1) is 17.5. The standard InChI is InChI=1S/C15H21F3N4O/c1-12(13-3-5-19-6-4-13)20-14(23)22-8-2-7-21(9-10-22)11-15(16,17)18/h3-6,12H,2,7-11H2,1H3,(H,20,23). The molecule has 0 spiro atoms. The number of pyridine rings is 1. The molecule has 1 atom stereocenters. The molecule has 2 rings (SSSR count). The van der Waals surface area contributed by atoms with Crippen LogP contribution in [0, 0.1) is 0 Å². The van der Waals surface area contributed by atoms with Gasteiger partial charge in [-0.1, -0.05) is 0 Å². The first-order valence-corrected chi connectivity index (χ1v) is 7.59. The summed E-state index contributed by atoms with van der Waals surface area (Å²) in [7, 11) is 0. The molecule has 0 bridgehead atoms. The fourth-order valence-corrected chi connectivity index (χ4v) is 2.60. The SMILES string of the molecule is CC(NC(=O)N1CCCN(CC(F)(F)F)CC1)c1ccncc1. The third-order valence-electron chi connectivity index (χ3n) is 3.82. The number of nitrogens with zero attached hydrogens (tertiary/aromatic N) is 3. The fraction of sp³-hybridized carbons (Fsp3) is 0.600. The Morgan fingerprint density at radius 2 is 1.96 bits per heavy atom. The maximum Gasteiger partial charge on any atom is 0.401 e. The molecule has 1 saturated heterocycles. The van der Waals surface area contributed by atoms with Crippen LogP contribution >= 0.6 is 0 Å². The van der Waals surface area contributed by atoms with Crippen LogP contribution in [-0.4, -0.2) is 59.7 Å². The van der Waals surface area contributed by atoms with Crippen LogP contribution in [-0.2, 0) is 0 Å². The molecular formula is C15H21F3N4O. The van der Waals surface area contributed by atoms with Gasteiger partial charge in [0.25, 0.3) is 0 Å². The first-order chi connectivity index (χ1) is 10.8.